The summed E-state index contributed by atoms with van der Waals surface area (Å²) in [6.07, 6.45) is 4.60. The van der Waals surface area contributed by atoms with Crippen molar-refractivity contribution in [3.8, 4) is 0 Å². The molecule has 0 spiro atoms. The van der Waals surface area contributed by atoms with E-state index in [2.05, 4.69) is 43.2 Å². The minimum absolute atomic E-state index is 0.303. The lowest BCUT2D eigenvalue weighted by Gasteiger charge is -2.35. The molecule has 0 aliphatic heterocycles. The highest BCUT2D eigenvalue weighted by Crippen LogP contribution is 2.24. The Morgan fingerprint density at radius 2 is 1.72 bits per heavy atom. The van der Waals surface area contributed by atoms with Crippen LogP contribution in [0, 0.1) is 5.92 Å². The normalized spacial score (nSPS) is 21.8. The summed E-state index contributed by atoms with van der Waals surface area (Å²) in [5, 5.41) is 6.71. The zero-order valence-electron chi connectivity index (χ0n) is 17.5. The Bertz CT molecular complexity index is 383. The fourth-order valence-corrected chi connectivity index (χ4v) is 3.74. The van der Waals surface area contributed by atoms with Crippen LogP contribution in [0.15, 0.2) is 0 Å². The highest BCUT2D eigenvalue weighted by atomic mass is 16.6. The molecular formula is C20H41N3O2. The maximum atomic E-state index is 11.9. The molecule has 0 aromatic heterocycles. The zero-order valence-corrected chi connectivity index (χ0v) is 17.5. The maximum Gasteiger partial charge on any atom is 0.407 e. The van der Waals surface area contributed by atoms with Crippen LogP contribution in [0.3, 0.4) is 0 Å². The van der Waals surface area contributed by atoms with Crippen molar-refractivity contribution in [2.75, 3.05) is 19.6 Å². The van der Waals surface area contributed by atoms with Crippen LogP contribution in [0.25, 0.3) is 0 Å². The standard InChI is InChI=1S/C20H41N3O2/c1-15(2)23(16(3)4)13-12-21-18-11-9-8-10-17(18)14-22-19(24)25-20(5,6)7/h15-18,21H,8-14H2,1-7H3,(H,22,24). The Balaban J connectivity index is 2.42. The van der Waals surface area contributed by atoms with Gasteiger partial charge in [-0.05, 0) is 67.2 Å². The van der Waals surface area contributed by atoms with Crippen molar-refractivity contribution in [2.24, 2.45) is 5.92 Å². The van der Waals surface area contributed by atoms with Gasteiger partial charge in [-0.3, -0.25) is 4.90 Å². The van der Waals surface area contributed by atoms with Crippen LogP contribution in [0.5, 0.6) is 0 Å². The molecule has 1 rings (SSSR count). The molecule has 5 nitrogen and oxygen atoms in total. The average Bonchev–Trinajstić information content (AvgIpc) is 2.48. The number of nitrogens with zero attached hydrogens (tertiary/aromatic N) is 1. The van der Waals surface area contributed by atoms with E-state index in [4.69, 9.17) is 4.74 Å². The second kappa shape index (κ2) is 10.4. The van der Waals surface area contributed by atoms with Crippen LogP contribution < -0.4 is 10.6 Å². The number of hydrogen-bond donors (Lipinski definition) is 2. The molecule has 2 N–H and O–H groups in total. The molecule has 25 heavy (non-hydrogen) atoms. The average molecular weight is 356 g/mol. The number of hydrogen-bond acceptors (Lipinski definition) is 4. The van der Waals surface area contributed by atoms with Gasteiger partial charge in [0.1, 0.15) is 5.60 Å². The van der Waals surface area contributed by atoms with Crippen LogP contribution in [-0.2, 0) is 4.74 Å². The van der Waals surface area contributed by atoms with Crippen molar-refractivity contribution in [1.29, 1.82) is 0 Å². The number of alkyl carbamates (subject to hydrolysis) is 1. The van der Waals surface area contributed by atoms with E-state index in [1.54, 1.807) is 0 Å². The molecule has 1 aliphatic carbocycles. The Labute approximate surface area is 155 Å². The van der Waals surface area contributed by atoms with Crippen molar-refractivity contribution in [2.45, 2.75) is 97.9 Å². The van der Waals surface area contributed by atoms with Crippen LogP contribution in [0.2, 0.25) is 0 Å². The lowest BCUT2D eigenvalue weighted by Crippen LogP contribution is -2.48. The number of amides is 1. The molecule has 0 radical (unpaired) electrons. The van der Waals surface area contributed by atoms with Gasteiger partial charge in [0.2, 0.25) is 0 Å². The van der Waals surface area contributed by atoms with Crippen molar-refractivity contribution < 1.29 is 9.53 Å². The van der Waals surface area contributed by atoms with E-state index < -0.39 is 5.60 Å². The van der Waals surface area contributed by atoms with Crippen molar-refractivity contribution in [3.05, 3.63) is 0 Å². The molecule has 5 heteroatoms. The lowest BCUT2D eigenvalue weighted by molar-refractivity contribution is 0.0510. The first-order valence-electron chi connectivity index (χ1n) is 10.1. The van der Waals surface area contributed by atoms with Crippen molar-refractivity contribution >= 4 is 6.09 Å². The molecule has 148 valence electrons. The summed E-state index contributed by atoms with van der Waals surface area (Å²) in [5.74, 6) is 0.493. The van der Waals surface area contributed by atoms with Crippen LogP contribution in [-0.4, -0.2) is 54.4 Å². The van der Waals surface area contributed by atoms with E-state index in [1.165, 1.54) is 25.7 Å². The third kappa shape index (κ3) is 8.91. The summed E-state index contributed by atoms with van der Waals surface area (Å²) in [4.78, 5) is 14.4. The number of rotatable bonds is 8. The van der Waals surface area contributed by atoms with Gasteiger partial charge in [-0.1, -0.05) is 12.8 Å². The number of carbonyl (C=O) groups is 1. The van der Waals surface area contributed by atoms with E-state index in [0.717, 1.165) is 13.1 Å². The molecule has 1 aliphatic rings. The van der Waals surface area contributed by atoms with Crippen molar-refractivity contribution in [1.82, 2.24) is 15.5 Å². The molecule has 2 atom stereocenters. The Morgan fingerprint density at radius 1 is 1.12 bits per heavy atom. The first kappa shape index (κ1) is 22.2. The van der Waals surface area contributed by atoms with Gasteiger partial charge in [0.15, 0.2) is 0 Å². The predicted octanol–water partition coefficient (Wildman–Crippen LogP) is 3.78. The molecule has 1 amide bonds. The van der Waals surface area contributed by atoms with Gasteiger partial charge in [-0.25, -0.2) is 4.79 Å². The SMILES string of the molecule is CC(C)N(CCNC1CCCCC1CNC(=O)OC(C)(C)C)C(C)C. The van der Waals surface area contributed by atoms with Gasteiger partial charge in [0.25, 0.3) is 0 Å². The zero-order chi connectivity index (χ0) is 19.0. The smallest absolute Gasteiger partial charge is 0.407 e. The highest BCUT2D eigenvalue weighted by Gasteiger charge is 2.26. The molecule has 1 saturated carbocycles. The second-order valence-corrected chi connectivity index (χ2v) is 8.91. The fraction of sp³-hybridized carbons (Fsp3) is 0.950. The quantitative estimate of drug-likeness (QED) is 0.696. The summed E-state index contributed by atoms with van der Waals surface area (Å²) in [6, 6.07) is 1.63. The number of carbonyl (C=O) groups excluding carboxylic acids is 1. The Kier molecular flexibility index (Phi) is 9.22. The largest absolute Gasteiger partial charge is 0.444 e. The molecule has 0 bridgehead atoms. The molecule has 0 aromatic carbocycles. The number of nitrogens with one attached hydrogen (secondary N) is 2. The topological polar surface area (TPSA) is 53.6 Å². The van der Waals surface area contributed by atoms with Gasteiger partial charge >= 0.3 is 6.09 Å². The molecule has 0 aromatic rings. The molecule has 1 fully saturated rings. The summed E-state index contributed by atoms with van der Waals surface area (Å²) < 4.78 is 5.35. The predicted molar refractivity (Wildman–Crippen MR) is 105 cm³/mol. The summed E-state index contributed by atoms with van der Waals surface area (Å²) >= 11 is 0. The summed E-state index contributed by atoms with van der Waals surface area (Å²) in [7, 11) is 0. The highest BCUT2D eigenvalue weighted by molar-refractivity contribution is 5.67. The summed E-state index contributed by atoms with van der Waals surface area (Å²) in [5.41, 5.74) is -0.439. The van der Waals surface area contributed by atoms with Crippen molar-refractivity contribution in [3.63, 3.8) is 0 Å². The Hall–Kier alpha value is -0.810. The van der Waals surface area contributed by atoms with Crippen LogP contribution in [0.1, 0.15) is 74.1 Å². The van der Waals surface area contributed by atoms with Gasteiger partial charge in [0.05, 0.1) is 0 Å². The van der Waals surface area contributed by atoms with Gasteiger partial charge in [0, 0.05) is 37.8 Å². The van der Waals surface area contributed by atoms with E-state index in [-0.39, 0.29) is 6.09 Å². The first-order valence-corrected chi connectivity index (χ1v) is 10.1. The fourth-order valence-electron chi connectivity index (χ4n) is 3.74. The third-order valence-electron chi connectivity index (χ3n) is 4.92. The maximum absolute atomic E-state index is 11.9. The second-order valence-electron chi connectivity index (χ2n) is 8.91. The molecule has 0 saturated heterocycles. The molecule has 0 heterocycles. The lowest BCUT2D eigenvalue weighted by atomic mass is 9.84. The van der Waals surface area contributed by atoms with Gasteiger partial charge < -0.3 is 15.4 Å². The minimum Gasteiger partial charge on any atom is -0.444 e. The number of ether oxygens (including phenoxy) is 1. The molecule has 2 unspecified atom stereocenters. The van der Waals surface area contributed by atoms with Crippen LogP contribution in [0.4, 0.5) is 4.79 Å². The summed E-state index contributed by atoms with van der Waals surface area (Å²) in [6.45, 7) is 17.5. The van der Waals surface area contributed by atoms with E-state index in [0.29, 0.717) is 30.6 Å². The monoisotopic (exact) mass is 355 g/mol. The van der Waals surface area contributed by atoms with E-state index in [9.17, 15) is 4.79 Å². The first-order chi connectivity index (χ1) is 11.6. The van der Waals surface area contributed by atoms with E-state index in [1.807, 2.05) is 20.8 Å². The van der Waals surface area contributed by atoms with E-state index >= 15 is 0 Å². The Morgan fingerprint density at radius 3 is 2.28 bits per heavy atom. The minimum atomic E-state index is -0.439. The van der Waals surface area contributed by atoms with Crippen LogP contribution >= 0.6 is 0 Å². The van der Waals surface area contributed by atoms with Gasteiger partial charge in [-0.2, -0.15) is 0 Å². The van der Waals surface area contributed by atoms with Gasteiger partial charge in [-0.15, -0.1) is 0 Å². The third-order valence-corrected chi connectivity index (χ3v) is 4.92. The molecular weight excluding hydrogens is 314 g/mol.